The summed E-state index contributed by atoms with van der Waals surface area (Å²) < 4.78 is 5.09. The van der Waals surface area contributed by atoms with Gasteiger partial charge in [-0.2, -0.15) is 0 Å². The van der Waals surface area contributed by atoms with Crippen molar-refractivity contribution < 1.29 is 4.74 Å². The van der Waals surface area contributed by atoms with E-state index in [9.17, 15) is 0 Å². The zero-order valence-electron chi connectivity index (χ0n) is 9.78. The van der Waals surface area contributed by atoms with Crippen LogP contribution in [0.25, 0.3) is 0 Å². The van der Waals surface area contributed by atoms with Crippen LogP contribution in [0.1, 0.15) is 25.0 Å². The molecule has 0 aliphatic carbocycles. The van der Waals surface area contributed by atoms with Crippen LogP contribution in [0.2, 0.25) is 0 Å². The first-order chi connectivity index (χ1) is 7.88. The Morgan fingerprint density at radius 1 is 1.31 bits per heavy atom. The first-order valence-corrected chi connectivity index (χ1v) is 5.87. The Labute approximate surface area is 96.6 Å². The Morgan fingerprint density at radius 3 is 2.88 bits per heavy atom. The third-order valence-electron chi connectivity index (χ3n) is 2.83. The normalized spacial score (nSPS) is 17.3. The molecule has 2 heterocycles. The molecule has 1 saturated heterocycles. The molecular formula is C12H19N3O. The maximum atomic E-state index is 5.09. The van der Waals surface area contributed by atoms with E-state index in [1.165, 1.54) is 19.3 Å². The minimum atomic E-state index is 0.679. The topological polar surface area (TPSA) is 37.4 Å². The van der Waals surface area contributed by atoms with Gasteiger partial charge in [0.25, 0.3) is 0 Å². The molecule has 1 fully saturated rings. The van der Waals surface area contributed by atoms with Crippen molar-refractivity contribution >= 4 is 0 Å². The third kappa shape index (κ3) is 3.18. The zero-order valence-corrected chi connectivity index (χ0v) is 9.78. The number of rotatable bonds is 4. The number of hydrogen-bond acceptors (Lipinski definition) is 4. The van der Waals surface area contributed by atoms with Gasteiger partial charge in [0.2, 0.25) is 5.88 Å². The van der Waals surface area contributed by atoms with Crippen molar-refractivity contribution in [1.29, 1.82) is 0 Å². The average molecular weight is 221 g/mol. The van der Waals surface area contributed by atoms with Gasteiger partial charge >= 0.3 is 0 Å². The van der Waals surface area contributed by atoms with Gasteiger partial charge in [0.15, 0.2) is 0 Å². The molecule has 4 nitrogen and oxygen atoms in total. The van der Waals surface area contributed by atoms with E-state index < -0.39 is 0 Å². The van der Waals surface area contributed by atoms with Crippen LogP contribution in [0.5, 0.6) is 5.88 Å². The van der Waals surface area contributed by atoms with Gasteiger partial charge < -0.3 is 4.74 Å². The maximum absolute atomic E-state index is 5.09. The standard InChI is InChI=1S/C12H19N3O/c1-16-12-7-5-6-11(14-12)10-13-15-8-3-2-4-9-15/h5-7,13H,2-4,8-10H2,1H3. The number of pyridine rings is 1. The number of ether oxygens (including phenoxy) is 1. The number of nitrogens with one attached hydrogen (secondary N) is 1. The number of hydrazine groups is 1. The highest BCUT2D eigenvalue weighted by Gasteiger charge is 2.09. The molecule has 16 heavy (non-hydrogen) atoms. The lowest BCUT2D eigenvalue weighted by Gasteiger charge is -2.26. The van der Waals surface area contributed by atoms with Gasteiger partial charge in [0.05, 0.1) is 19.3 Å². The molecule has 0 bridgehead atoms. The van der Waals surface area contributed by atoms with Gasteiger partial charge in [-0.15, -0.1) is 0 Å². The molecular weight excluding hydrogens is 202 g/mol. The lowest BCUT2D eigenvalue weighted by atomic mass is 10.2. The maximum Gasteiger partial charge on any atom is 0.213 e. The van der Waals surface area contributed by atoms with Crippen LogP contribution in [0.4, 0.5) is 0 Å². The smallest absolute Gasteiger partial charge is 0.213 e. The largest absolute Gasteiger partial charge is 0.481 e. The molecule has 0 unspecified atom stereocenters. The molecule has 0 atom stereocenters. The zero-order chi connectivity index (χ0) is 11.2. The molecule has 4 heteroatoms. The lowest BCUT2D eigenvalue weighted by molar-refractivity contribution is 0.150. The Hall–Kier alpha value is -1.13. The van der Waals surface area contributed by atoms with Crippen LogP contribution in [0, 0.1) is 0 Å². The molecule has 0 radical (unpaired) electrons. The van der Waals surface area contributed by atoms with Crippen molar-refractivity contribution in [1.82, 2.24) is 15.4 Å². The molecule has 0 saturated carbocycles. The predicted molar refractivity (Wildman–Crippen MR) is 63.1 cm³/mol. The minimum Gasteiger partial charge on any atom is -0.481 e. The van der Waals surface area contributed by atoms with E-state index in [0.29, 0.717) is 5.88 Å². The molecule has 1 aliphatic rings. The fraction of sp³-hybridized carbons (Fsp3) is 0.583. The van der Waals surface area contributed by atoms with Crippen molar-refractivity contribution in [2.75, 3.05) is 20.2 Å². The second-order valence-electron chi connectivity index (χ2n) is 4.05. The fourth-order valence-electron chi connectivity index (χ4n) is 1.91. The minimum absolute atomic E-state index is 0.679. The summed E-state index contributed by atoms with van der Waals surface area (Å²) in [6, 6.07) is 5.85. The SMILES string of the molecule is COc1cccc(CNN2CCCCC2)n1. The average Bonchev–Trinajstić information content (AvgIpc) is 2.38. The van der Waals surface area contributed by atoms with E-state index in [-0.39, 0.29) is 0 Å². The van der Waals surface area contributed by atoms with E-state index in [4.69, 9.17) is 4.74 Å². The van der Waals surface area contributed by atoms with E-state index in [1.807, 2.05) is 18.2 Å². The monoisotopic (exact) mass is 221 g/mol. The van der Waals surface area contributed by atoms with Gasteiger partial charge in [0, 0.05) is 19.2 Å². The summed E-state index contributed by atoms with van der Waals surface area (Å²) in [4.78, 5) is 4.36. The Kier molecular flexibility index (Phi) is 4.13. The molecule has 1 aromatic rings. The Morgan fingerprint density at radius 2 is 2.12 bits per heavy atom. The van der Waals surface area contributed by atoms with Crippen LogP contribution >= 0.6 is 0 Å². The molecule has 0 spiro atoms. The predicted octanol–water partition coefficient (Wildman–Crippen LogP) is 1.58. The highest BCUT2D eigenvalue weighted by atomic mass is 16.5. The molecule has 0 amide bonds. The number of hydrogen-bond donors (Lipinski definition) is 1. The summed E-state index contributed by atoms with van der Waals surface area (Å²) in [6.07, 6.45) is 3.94. The number of methoxy groups -OCH3 is 1. The second-order valence-corrected chi connectivity index (χ2v) is 4.05. The van der Waals surface area contributed by atoms with Crippen molar-refractivity contribution in [3.05, 3.63) is 23.9 Å². The molecule has 1 aromatic heterocycles. The highest BCUT2D eigenvalue weighted by Crippen LogP contribution is 2.08. The summed E-state index contributed by atoms with van der Waals surface area (Å²) >= 11 is 0. The van der Waals surface area contributed by atoms with E-state index in [0.717, 1.165) is 25.3 Å². The van der Waals surface area contributed by atoms with Gasteiger partial charge in [0.1, 0.15) is 0 Å². The summed E-state index contributed by atoms with van der Waals surface area (Å²) in [7, 11) is 1.64. The molecule has 88 valence electrons. The first kappa shape index (κ1) is 11.4. The highest BCUT2D eigenvalue weighted by molar-refractivity contribution is 5.15. The second kappa shape index (κ2) is 5.82. The molecule has 1 N–H and O–H groups in total. The third-order valence-corrected chi connectivity index (χ3v) is 2.83. The van der Waals surface area contributed by atoms with Crippen LogP contribution in [-0.2, 0) is 6.54 Å². The van der Waals surface area contributed by atoms with Crippen molar-refractivity contribution in [2.45, 2.75) is 25.8 Å². The summed E-state index contributed by atoms with van der Waals surface area (Å²) in [5, 5.41) is 2.28. The summed E-state index contributed by atoms with van der Waals surface area (Å²) in [5.41, 5.74) is 4.42. The molecule has 1 aliphatic heterocycles. The summed E-state index contributed by atoms with van der Waals surface area (Å²) in [6.45, 7) is 3.06. The number of aromatic nitrogens is 1. The van der Waals surface area contributed by atoms with Gasteiger partial charge in [-0.3, -0.25) is 0 Å². The van der Waals surface area contributed by atoms with Gasteiger partial charge in [-0.1, -0.05) is 12.5 Å². The van der Waals surface area contributed by atoms with Crippen LogP contribution in [0.3, 0.4) is 0 Å². The fourth-order valence-corrected chi connectivity index (χ4v) is 1.91. The molecule has 0 aromatic carbocycles. The quantitative estimate of drug-likeness (QED) is 0.837. The van der Waals surface area contributed by atoms with Crippen LogP contribution in [0.15, 0.2) is 18.2 Å². The van der Waals surface area contributed by atoms with E-state index >= 15 is 0 Å². The van der Waals surface area contributed by atoms with Crippen LogP contribution < -0.4 is 10.2 Å². The van der Waals surface area contributed by atoms with Crippen LogP contribution in [-0.4, -0.2) is 30.2 Å². The van der Waals surface area contributed by atoms with Crippen molar-refractivity contribution in [2.24, 2.45) is 0 Å². The Bertz CT molecular complexity index is 324. The van der Waals surface area contributed by atoms with Crippen molar-refractivity contribution in [3.63, 3.8) is 0 Å². The van der Waals surface area contributed by atoms with Crippen molar-refractivity contribution in [3.8, 4) is 5.88 Å². The number of piperidine rings is 1. The van der Waals surface area contributed by atoms with Gasteiger partial charge in [-0.05, 0) is 18.9 Å². The van der Waals surface area contributed by atoms with Gasteiger partial charge in [-0.25, -0.2) is 15.4 Å². The Balaban J connectivity index is 1.83. The van der Waals surface area contributed by atoms with E-state index in [1.54, 1.807) is 7.11 Å². The lowest BCUT2D eigenvalue weighted by Crippen LogP contribution is -2.41. The first-order valence-electron chi connectivity index (χ1n) is 5.87. The summed E-state index contributed by atoms with van der Waals surface area (Å²) in [5.74, 6) is 0.679. The number of nitrogens with zero attached hydrogens (tertiary/aromatic N) is 2. The van der Waals surface area contributed by atoms with E-state index in [2.05, 4.69) is 15.4 Å². The molecule has 2 rings (SSSR count).